The van der Waals surface area contributed by atoms with E-state index >= 15 is 0 Å². The van der Waals surface area contributed by atoms with Crippen molar-refractivity contribution in [1.29, 1.82) is 0 Å². The Hall–Kier alpha value is -2.53. The number of para-hydroxylation sites is 1. The second-order valence-corrected chi connectivity index (χ2v) is 6.14. The fourth-order valence-corrected chi connectivity index (χ4v) is 2.87. The lowest BCUT2D eigenvalue weighted by Crippen LogP contribution is -2.35. The molecule has 2 aromatic heterocycles. The van der Waals surface area contributed by atoms with Gasteiger partial charge in [0.2, 0.25) is 5.91 Å². The highest BCUT2D eigenvalue weighted by atomic mass is 16.3. The van der Waals surface area contributed by atoms with Crippen molar-refractivity contribution in [3.05, 3.63) is 59.7 Å². The highest BCUT2D eigenvalue weighted by molar-refractivity contribution is 5.83. The van der Waals surface area contributed by atoms with Crippen molar-refractivity contribution in [3.63, 3.8) is 0 Å². The van der Waals surface area contributed by atoms with Crippen LogP contribution in [0.1, 0.15) is 17.1 Å². The SMILES string of the molecule is Cc1ccc(CN(C)CC(=O)NCCc2c[nH]c3ccccc23)o1. The summed E-state index contributed by atoms with van der Waals surface area (Å²) in [5, 5.41) is 4.20. The monoisotopic (exact) mass is 325 g/mol. The smallest absolute Gasteiger partial charge is 0.234 e. The number of carbonyl (C=O) groups is 1. The van der Waals surface area contributed by atoms with E-state index < -0.39 is 0 Å². The van der Waals surface area contributed by atoms with Crippen molar-refractivity contribution in [1.82, 2.24) is 15.2 Å². The van der Waals surface area contributed by atoms with Crippen LogP contribution in [-0.4, -0.2) is 35.9 Å². The first-order chi connectivity index (χ1) is 11.6. The number of H-pyrrole nitrogens is 1. The normalized spacial score (nSPS) is 11.3. The molecule has 0 fully saturated rings. The maximum Gasteiger partial charge on any atom is 0.234 e. The van der Waals surface area contributed by atoms with Gasteiger partial charge in [0.25, 0.3) is 0 Å². The molecule has 0 saturated heterocycles. The van der Waals surface area contributed by atoms with Gasteiger partial charge in [0.05, 0.1) is 13.1 Å². The van der Waals surface area contributed by atoms with E-state index in [9.17, 15) is 4.79 Å². The lowest BCUT2D eigenvalue weighted by atomic mass is 10.1. The zero-order valence-electron chi connectivity index (χ0n) is 14.1. The second kappa shape index (κ2) is 7.36. The maximum atomic E-state index is 12.0. The Morgan fingerprint density at radius 3 is 2.88 bits per heavy atom. The summed E-state index contributed by atoms with van der Waals surface area (Å²) in [4.78, 5) is 17.2. The van der Waals surface area contributed by atoms with Gasteiger partial charge in [-0.25, -0.2) is 0 Å². The highest BCUT2D eigenvalue weighted by Gasteiger charge is 2.09. The fraction of sp³-hybridized carbons (Fsp3) is 0.316. The molecule has 1 amide bonds. The Bertz CT molecular complexity index is 819. The van der Waals surface area contributed by atoms with Crippen LogP contribution < -0.4 is 5.32 Å². The van der Waals surface area contributed by atoms with Crippen molar-refractivity contribution in [2.24, 2.45) is 0 Å². The molecule has 2 heterocycles. The van der Waals surface area contributed by atoms with E-state index in [0.717, 1.165) is 23.5 Å². The van der Waals surface area contributed by atoms with Crippen LogP contribution in [-0.2, 0) is 17.8 Å². The predicted molar refractivity (Wildman–Crippen MR) is 94.8 cm³/mol. The Morgan fingerprint density at radius 1 is 1.25 bits per heavy atom. The van der Waals surface area contributed by atoms with Crippen LogP contribution in [0.15, 0.2) is 47.0 Å². The molecular weight excluding hydrogens is 302 g/mol. The van der Waals surface area contributed by atoms with Crippen LogP contribution in [0, 0.1) is 6.92 Å². The minimum atomic E-state index is 0.0284. The van der Waals surface area contributed by atoms with Crippen LogP contribution >= 0.6 is 0 Å². The quantitative estimate of drug-likeness (QED) is 0.702. The second-order valence-electron chi connectivity index (χ2n) is 6.14. The van der Waals surface area contributed by atoms with Gasteiger partial charge in [-0.05, 0) is 44.2 Å². The topological polar surface area (TPSA) is 61.3 Å². The minimum Gasteiger partial charge on any atom is -0.465 e. The zero-order chi connectivity index (χ0) is 16.9. The average molecular weight is 325 g/mol. The number of nitrogens with zero attached hydrogens (tertiary/aromatic N) is 1. The van der Waals surface area contributed by atoms with Crippen molar-refractivity contribution < 1.29 is 9.21 Å². The third kappa shape index (κ3) is 4.06. The summed E-state index contributed by atoms with van der Waals surface area (Å²) in [6.07, 6.45) is 2.83. The number of fused-ring (bicyclic) bond motifs is 1. The molecule has 0 aliphatic carbocycles. The molecular formula is C19H23N3O2. The van der Waals surface area contributed by atoms with E-state index in [-0.39, 0.29) is 5.91 Å². The van der Waals surface area contributed by atoms with Crippen LogP contribution in [0.3, 0.4) is 0 Å². The van der Waals surface area contributed by atoms with Gasteiger partial charge in [0.1, 0.15) is 11.5 Å². The maximum absolute atomic E-state index is 12.0. The summed E-state index contributed by atoms with van der Waals surface area (Å²) in [7, 11) is 1.91. The number of furan rings is 1. The molecule has 0 bridgehead atoms. The van der Waals surface area contributed by atoms with Crippen LogP contribution in [0.25, 0.3) is 10.9 Å². The van der Waals surface area contributed by atoms with Gasteiger partial charge in [-0.1, -0.05) is 18.2 Å². The summed E-state index contributed by atoms with van der Waals surface area (Å²) in [6, 6.07) is 12.1. The summed E-state index contributed by atoms with van der Waals surface area (Å²) in [5.74, 6) is 1.80. The van der Waals surface area contributed by atoms with E-state index in [4.69, 9.17) is 4.42 Å². The molecule has 24 heavy (non-hydrogen) atoms. The van der Waals surface area contributed by atoms with E-state index in [2.05, 4.69) is 22.4 Å². The Labute approximate surface area is 141 Å². The van der Waals surface area contributed by atoms with Crippen LogP contribution in [0.4, 0.5) is 0 Å². The summed E-state index contributed by atoms with van der Waals surface area (Å²) < 4.78 is 5.53. The number of benzene rings is 1. The number of rotatable bonds is 7. The fourth-order valence-electron chi connectivity index (χ4n) is 2.87. The third-order valence-electron chi connectivity index (χ3n) is 4.03. The van der Waals surface area contributed by atoms with Gasteiger partial charge in [-0.3, -0.25) is 9.69 Å². The van der Waals surface area contributed by atoms with Gasteiger partial charge in [-0.15, -0.1) is 0 Å². The molecule has 1 aromatic carbocycles. The number of aryl methyl sites for hydroxylation is 1. The largest absolute Gasteiger partial charge is 0.465 e. The minimum absolute atomic E-state index is 0.0284. The van der Waals surface area contributed by atoms with Gasteiger partial charge in [-0.2, -0.15) is 0 Å². The molecule has 0 saturated carbocycles. The number of likely N-dealkylation sites (N-methyl/N-ethyl adjacent to an activating group) is 1. The number of aromatic amines is 1. The molecule has 5 heteroatoms. The van der Waals surface area contributed by atoms with Crippen LogP contribution in [0.2, 0.25) is 0 Å². The Balaban J connectivity index is 1.44. The predicted octanol–water partition coefficient (Wildman–Crippen LogP) is 2.86. The first-order valence-electron chi connectivity index (χ1n) is 8.17. The lowest BCUT2D eigenvalue weighted by Gasteiger charge is -2.14. The lowest BCUT2D eigenvalue weighted by molar-refractivity contribution is -0.122. The first-order valence-corrected chi connectivity index (χ1v) is 8.17. The molecule has 3 aromatic rings. The number of hydrogen-bond acceptors (Lipinski definition) is 3. The number of carbonyl (C=O) groups excluding carboxylic acids is 1. The van der Waals surface area contributed by atoms with E-state index in [1.165, 1.54) is 10.9 Å². The number of amides is 1. The van der Waals surface area contributed by atoms with Gasteiger partial charge in [0.15, 0.2) is 0 Å². The van der Waals surface area contributed by atoms with Crippen molar-refractivity contribution in [3.8, 4) is 0 Å². The van der Waals surface area contributed by atoms with Gasteiger partial charge in [0, 0.05) is 23.6 Å². The molecule has 0 radical (unpaired) electrons. The van der Waals surface area contributed by atoms with E-state index in [1.54, 1.807) is 0 Å². The molecule has 0 aliphatic heterocycles. The molecule has 0 spiro atoms. The van der Waals surface area contributed by atoms with Crippen LogP contribution in [0.5, 0.6) is 0 Å². The number of hydrogen-bond donors (Lipinski definition) is 2. The van der Waals surface area contributed by atoms with E-state index in [0.29, 0.717) is 19.6 Å². The van der Waals surface area contributed by atoms with Gasteiger partial charge >= 0.3 is 0 Å². The molecule has 0 aliphatic rings. The summed E-state index contributed by atoms with van der Waals surface area (Å²) in [6.45, 7) is 3.53. The average Bonchev–Trinajstić information content (AvgIpc) is 3.14. The molecule has 5 nitrogen and oxygen atoms in total. The van der Waals surface area contributed by atoms with Crippen molar-refractivity contribution in [2.45, 2.75) is 19.9 Å². The number of aromatic nitrogens is 1. The Kier molecular flexibility index (Phi) is 5.01. The zero-order valence-corrected chi connectivity index (χ0v) is 14.1. The third-order valence-corrected chi connectivity index (χ3v) is 4.03. The Morgan fingerprint density at radius 2 is 2.08 bits per heavy atom. The summed E-state index contributed by atoms with van der Waals surface area (Å²) >= 11 is 0. The highest BCUT2D eigenvalue weighted by Crippen LogP contribution is 2.17. The summed E-state index contributed by atoms with van der Waals surface area (Å²) in [5.41, 5.74) is 2.36. The number of nitrogens with one attached hydrogen (secondary N) is 2. The van der Waals surface area contributed by atoms with Crippen molar-refractivity contribution >= 4 is 16.8 Å². The standard InChI is InChI=1S/C19H23N3O2/c1-14-7-8-16(24-14)12-22(2)13-19(23)20-10-9-15-11-21-18-6-4-3-5-17(15)18/h3-8,11,21H,9-10,12-13H2,1-2H3,(H,20,23). The molecule has 0 unspecified atom stereocenters. The van der Waals surface area contributed by atoms with Gasteiger partial charge < -0.3 is 14.7 Å². The van der Waals surface area contributed by atoms with Crippen molar-refractivity contribution in [2.75, 3.05) is 20.1 Å². The molecule has 3 rings (SSSR count). The first kappa shape index (κ1) is 16.3. The van der Waals surface area contributed by atoms with E-state index in [1.807, 2.05) is 49.3 Å². The molecule has 126 valence electrons. The molecule has 2 N–H and O–H groups in total. The molecule has 0 atom stereocenters.